The summed E-state index contributed by atoms with van der Waals surface area (Å²) >= 11 is 6.80. The molecule has 8 nitrogen and oxygen atoms in total. The molecule has 142 valence electrons. The zero-order valence-corrected chi connectivity index (χ0v) is 16.6. The number of fused-ring (bicyclic) bond motifs is 1. The second-order valence-electron chi connectivity index (χ2n) is 5.80. The van der Waals surface area contributed by atoms with Crippen LogP contribution >= 0.6 is 24.0 Å². The van der Waals surface area contributed by atoms with E-state index in [1.165, 1.54) is 11.8 Å². The molecule has 2 aromatic heterocycles. The lowest BCUT2D eigenvalue weighted by Gasteiger charge is -2.10. The van der Waals surface area contributed by atoms with Crippen LogP contribution in [0.4, 0.5) is 0 Å². The van der Waals surface area contributed by atoms with Gasteiger partial charge >= 0.3 is 0 Å². The maximum absolute atomic E-state index is 12.1. The highest BCUT2D eigenvalue weighted by molar-refractivity contribution is 7.99. The van der Waals surface area contributed by atoms with E-state index in [0.717, 1.165) is 17.7 Å². The third-order valence-electron chi connectivity index (χ3n) is 3.70. The van der Waals surface area contributed by atoms with Gasteiger partial charge in [0.25, 0.3) is 5.56 Å². The fraction of sp³-hybridized carbons (Fsp3) is 0.353. The van der Waals surface area contributed by atoms with Crippen LogP contribution in [0.5, 0.6) is 0 Å². The Morgan fingerprint density at radius 1 is 1.30 bits per heavy atom. The normalized spacial score (nSPS) is 10.9. The molecule has 0 atom stereocenters. The standard InChI is InChI=1S/C17H21N7OS2/c1-2-10-27-17-20-14-13(15(25)21-17)22-23-24(14)9-8-18-16(26)19-11-12-6-4-3-5-7-12/h3-7H,2,8-11H2,1H3,(H2,18,19,26)(H,20,21,25). The number of hydrogen-bond donors (Lipinski definition) is 3. The van der Waals surface area contributed by atoms with Crippen molar-refractivity contribution in [2.24, 2.45) is 0 Å². The molecule has 0 saturated carbocycles. The highest BCUT2D eigenvalue weighted by atomic mass is 32.2. The van der Waals surface area contributed by atoms with Gasteiger partial charge < -0.3 is 10.6 Å². The molecule has 2 heterocycles. The Kier molecular flexibility index (Phi) is 6.77. The number of thioether (sulfide) groups is 1. The Bertz CT molecular complexity index is 955. The number of nitrogens with zero attached hydrogens (tertiary/aromatic N) is 4. The molecule has 0 aliphatic rings. The van der Waals surface area contributed by atoms with Crippen molar-refractivity contribution in [3.8, 4) is 0 Å². The smallest absolute Gasteiger partial charge is 0.281 e. The maximum Gasteiger partial charge on any atom is 0.281 e. The fourth-order valence-corrected chi connectivity index (χ4v) is 3.27. The molecule has 3 N–H and O–H groups in total. The van der Waals surface area contributed by atoms with Crippen LogP contribution in [0.25, 0.3) is 11.2 Å². The Balaban J connectivity index is 1.56. The second kappa shape index (κ2) is 9.47. The molecule has 0 aliphatic carbocycles. The lowest BCUT2D eigenvalue weighted by molar-refractivity contribution is 0.588. The molecule has 10 heteroatoms. The highest BCUT2D eigenvalue weighted by Crippen LogP contribution is 2.14. The number of thiocarbonyl (C=S) groups is 1. The average molecular weight is 404 g/mol. The molecule has 0 amide bonds. The van der Waals surface area contributed by atoms with Crippen molar-refractivity contribution in [1.29, 1.82) is 0 Å². The van der Waals surface area contributed by atoms with Crippen LogP contribution in [0.2, 0.25) is 0 Å². The topological polar surface area (TPSA) is 101 Å². The van der Waals surface area contributed by atoms with Crippen LogP contribution in [-0.4, -0.2) is 42.4 Å². The number of rotatable bonds is 8. The number of H-pyrrole nitrogens is 1. The molecule has 3 aromatic rings. The van der Waals surface area contributed by atoms with Crippen LogP contribution in [0.3, 0.4) is 0 Å². The highest BCUT2D eigenvalue weighted by Gasteiger charge is 2.12. The van der Waals surface area contributed by atoms with E-state index in [1.807, 2.05) is 30.3 Å². The van der Waals surface area contributed by atoms with Gasteiger partial charge in [0.05, 0.1) is 6.54 Å². The minimum Gasteiger partial charge on any atom is -0.361 e. The second-order valence-corrected chi connectivity index (χ2v) is 7.29. The molecular formula is C17H21N7OS2. The van der Waals surface area contributed by atoms with Crippen molar-refractivity contribution in [3.05, 3.63) is 46.2 Å². The summed E-state index contributed by atoms with van der Waals surface area (Å²) in [4.78, 5) is 19.3. The van der Waals surface area contributed by atoms with Crippen molar-refractivity contribution in [2.75, 3.05) is 12.3 Å². The lowest BCUT2D eigenvalue weighted by atomic mass is 10.2. The van der Waals surface area contributed by atoms with Crippen LogP contribution in [0, 0.1) is 0 Å². The van der Waals surface area contributed by atoms with Crippen LogP contribution in [-0.2, 0) is 13.1 Å². The Morgan fingerprint density at radius 3 is 2.89 bits per heavy atom. The molecule has 0 unspecified atom stereocenters. The van der Waals surface area contributed by atoms with Crippen molar-refractivity contribution < 1.29 is 0 Å². The van der Waals surface area contributed by atoms with Crippen molar-refractivity contribution in [1.82, 2.24) is 35.6 Å². The van der Waals surface area contributed by atoms with Crippen LogP contribution < -0.4 is 16.2 Å². The molecule has 0 radical (unpaired) electrons. The average Bonchev–Trinajstić information content (AvgIpc) is 3.09. The molecule has 1 aromatic carbocycles. The largest absolute Gasteiger partial charge is 0.361 e. The van der Waals surface area contributed by atoms with E-state index in [1.54, 1.807) is 4.68 Å². The summed E-state index contributed by atoms with van der Waals surface area (Å²) in [5.41, 5.74) is 1.63. The first-order valence-electron chi connectivity index (χ1n) is 8.69. The van der Waals surface area contributed by atoms with E-state index in [4.69, 9.17) is 12.2 Å². The lowest BCUT2D eigenvalue weighted by Crippen LogP contribution is -2.36. The minimum absolute atomic E-state index is 0.251. The maximum atomic E-state index is 12.1. The molecule has 0 saturated heterocycles. The van der Waals surface area contributed by atoms with Gasteiger partial charge in [-0.3, -0.25) is 9.78 Å². The fourth-order valence-electron chi connectivity index (χ4n) is 2.38. The summed E-state index contributed by atoms with van der Waals surface area (Å²) < 4.78 is 1.62. The number of benzene rings is 1. The molecule has 0 spiro atoms. The summed E-state index contributed by atoms with van der Waals surface area (Å²) in [6, 6.07) is 10.0. The van der Waals surface area contributed by atoms with E-state index in [2.05, 4.69) is 37.8 Å². The van der Waals surface area contributed by atoms with Crippen molar-refractivity contribution in [3.63, 3.8) is 0 Å². The summed E-state index contributed by atoms with van der Waals surface area (Å²) in [6.07, 6.45) is 1.00. The van der Waals surface area contributed by atoms with E-state index in [0.29, 0.717) is 35.6 Å². The van der Waals surface area contributed by atoms with E-state index in [-0.39, 0.29) is 11.1 Å². The quantitative estimate of drug-likeness (QED) is 0.297. The van der Waals surface area contributed by atoms with E-state index < -0.39 is 0 Å². The molecule has 3 rings (SSSR count). The number of nitrogens with one attached hydrogen (secondary N) is 3. The predicted molar refractivity (Wildman–Crippen MR) is 111 cm³/mol. The van der Waals surface area contributed by atoms with Crippen molar-refractivity contribution in [2.45, 2.75) is 31.6 Å². The minimum atomic E-state index is -0.266. The zero-order chi connectivity index (χ0) is 19.1. The Hall–Kier alpha value is -2.46. The van der Waals surface area contributed by atoms with Gasteiger partial charge in [0.2, 0.25) is 0 Å². The SMILES string of the molecule is CCCSc1nc2c(nnn2CCNC(=S)NCc2ccccc2)c(=O)[nH]1. The molecule has 0 aliphatic heterocycles. The van der Waals surface area contributed by atoms with Gasteiger partial charge in [-0.05, 0) is 24.2 Å². The van der Waals surface area contributed by atoms with Gasteiger partial charge in [-0.2, -0.15) is 0 Å². The first kappa shape index (κ1) is 19.3. The molecule has 0 bridgehead atoms. The Morgan fingerprint density at radius 2 is 2.11 bits per heavy atom. The molecular weight excluding hydrogens is 382 g/mol. The van der Waals surface area contributed by atoms with Crippen LogP contribution in [0.15, 0.2) is 40.3 Å². The van der Waals surface area contributed by atoms with Crippen LogP contribution in [0.1, 0.15) is 18.9 Å². The van der Waals surface area contributed by atoms with Gasteiger partial charge in [0, 0.05) is 18.8 Å². The first-order chi connectivity index (χ1) is 13.2. The third-order valence-corrected chi connectivity index (χ3v) is 5.07. The van der Waals surface area contributed by atoms with E-state index >= 15 is 0 Å². The molecule has 27 heavy (non-hydrogen) atoms. The summed E-state index contributed by atoms with van der Waals surface area (Å²) in [6.45, 7) is 3.78. The predicted octanol–water partition coefficient (Wildman–Crippen LogP) is 1.68. The van der Waals surface area contributed by atoms with Gasteiger partial charge in [-0.1, -0.05) is 54.2 Å². The first-order valence-corrected chi connectivity index (χ1v) is 10.1. The van der Waals surface area contributed by atoms with Crippen molar-refractivity contribution >= 4 is 40.3 Å². The molecule has 0 fully saturated rings. The summed E-state index contributed by atoms with van der Waals surface area (Å²) in [5.74, 6) is 0.888. The summed E-state index contributed by atoms with van der Waals surface area (Å²) in [5, 5.41) is 15.4. The van der Waals surface area contributed by atoms with Gasteiger partial charge in [-0.25, -0.2) is 9.67 Å². The zero-order valence-electron chi connectivity index (χ0n) is 14.9. The summed E-state index contributed by atoms with van der Waals surface area (Å²) in [7, 11) is 0. The number of aromatic amines is 1. The van der Waals surface area contributed by atoms with Gasteiger partial charge in [-0.15, -0.1) is 5.10 Å². The van der Waals surface area contributed by atoms with Gasteiger partial charge in [0.1, 0.15) is 0 Å². The Labute approximate surface area is 166 Å². The monoisotopic (exact) mass is 403 g/mol. The van der Waals surface area contributed by atoms with Gasteiger partial charge in [0.15, 0.2) is 21.4 Å². The number of aromatic nitrogens is 5. The third kappa shape index (κ3) is 5.27. The number of hydrogen-bond acceptors (Lipinski definition) is 6. The van der Waals surface area contributed by atoms with E-state index in [9.17, 15) is 4.79 Å².